The SMILES string of the molecule is CC(=N)/C(C(=O)N[C@@H](CNC(=O)c1cc(O)cc(OCCCNC(=O)CCOCCOCCOCCOCCNC(=O)CCN2C(=O)C=CC2=O)c1)C(=O)O)=C(/C)N. The summed E-state index contributed by atoms with van der Waals surface area (Å²) in [5, 5.41) is 37.3. The second-order valence-corrected chi connectivity index (χ2v) is 12.5. The highest BCUT2D eigenvalue weighted by molar-refractivity contribution is 6.20. The van der Waals surface area contributed by atoms with Gasteiger partial charge in [0.2, 0.25) is 11.8 Å². The molecule has 320 valence electrons. The number of carbonyl (C=O) groups is 7. The molecule has 0 saturated heterocycles. The number of carbonyl (C=O) groups excluding carboxylic acids is 6. The fourth-order valence-corrected chi connectivity index (χ4v) is 4.89. The standard InChI is InChI=1S/C37H53N7O14/c1-24(38)34(25(2)39)36(51)43-29(37(52)53)23-42-35(50)26-20-27(45)22-28(21-26)58-11-3-8-40-31(47)7-12-54-14-16-56-18-19-57-17-15-55-13-9-41-30(46)6-10-44-32(48)4-5-33(44)49/h4-5,20-22,29,38,45H,3,6-19,23,39H2,1-2H3,(H,40,47)(H,41,46)(H,42,50)(H,43,51)(H,52,53)/b34-25+,38-24?/t29-/m0/s1. The van der Waals surface area contributed by atoms with E-state index in [1.54, 1.807) is 0 Å². The van der Waals surface area contributed by atoms with Crippen LogP contribution in [0.5, 0.6) is 11.5 Å². The largest absolute Gasteiger partial charge is 0.508 e. The lowest BCUT2D eigenvalue weighted by atomic mass is 10.1. The highest BCUT2D eigenvalue weighted by Crippen LogP contribution is 2.22. The molecule has 21 heteroatoms. The number of nitrogens with one attached hydrogen (secondary N) is 5. The molecule has 0 aliphatic carbocycles. The molecule has 1 heterocycles. The van der Waals surface area contributed by atoms with Crippen molar-refractivity contribution in [2.24, 2.45) is 5.73 Å². The van der Waals surface area contributed by atoms with E-state index >= 15 is 0 Å². The Bertz CT molecular complexity index is 1640. The zero-order chi connectivity index (χ0) is 42.9. The van der Waals surface area contributed by atoms with Gasteiger partial charge in [-0.1, -0.05) is 0 Å². The molecule has 0 fully saturated rings. The van der Waals surface area contributed by atoms with Crippen LogP contribution in [0.25, 0.3) is 0 Å². The number of nitrogens with two attached hydrogens (primary N) is 1. The first-order valence-corrected chi connectivity index (χ1v) is 18.4. The Morgan fingerprint density at radius 2 is 1.34 bits per heavy atom. The topological polar surface area (TPSA) is 307 Å². The van der Waals surface area contributed by atoms with Crippen LogP contribution in [-0.2, 0) is 47.7 Å². The van der Waals surface area contributed by atoms with E-state index < -0.39 is 42.2 Å². The summed E-state index contributed by atoms with van der Waals surface area (Å²) in [5.74, 6) is -4.54. The van der Waals surface area contributed by atoms with Crippen LogP contribution in [0.2, 0.25) is 0 Å². The Hall–Kier alpha value is -5.90. The van der Waals surface area contributed by atoms with Gasteiger partial charge in [-0.25, -0.2) is 4.79 Å². The number of imide groups is 1. The van der Waals surface area contributed by atoms with Crippen molar-refractivity contribution >= 4 is 47.1 Å². The number of nitrogens with zero attached hydrogens (tertiary/aromatic N) is 1. The van der Waals surface area contributed by atoms with Gasteiger partial charge in [0.05, 0.1) is 65.0 Å². The van der Waals surface area contributed by atoms with Gasteiger partial charge in [0.25, 0.3) is 23.6 Å². The zero-order valence-electron chi connectivity index (χ0n) is 32.6. The van der Waals surface area contributed by atoms with Crippen molar-refractivity contribution in [3.8, 4) is 11.5 Å². The Balaban J connectivity index is 1.47. The summed E-state index contributed by atoms with van der Waals surface area (Å²) in [6.07, 6.45) is 2.90. The maximum absolute atomic E-state index is 12.7. The molecule has 0 aromatic heterocycles. The van der Waals surface area contributed by atoms with Gasteiger partial charge in [-0.15, -0.1) is 0 Å². The van der Waals surface area contributed by atoms with Gasteiger partial charge < -0.3 is 66.3 Å². The minimum atomic E-state index is -1.53. The van der Waals surface area contributed by atoms with Crippen LogP contribution >= 0.6 is 0 Å². The van der Waals surface area contributed by atoms with Crippen molar-refractivity contribution < 1.29 is 67.5 Å². The number of ether oxygens (including phenoxy) is 5. The summed E-state index contributed by atoms with van der Waals surface area (Å²) in [6.45, 7) is 5.38. The molecule has 9 N–H and O–H groups in total. The molecule has 0 spiro atoms. The minimum absolute atomic E-state index is 0.0145. The van der Waals surface area contributed by atoms with Crippen LogP contribution < -0.4 is 31.7 Å². The van der Waals surface area contributed by atoms with Gasteiger partial charge in [0.15, 0.2) is 0 Å². The lowest BCUT2D eigenvalue weighted by Crippen LogP contribution is -2.49. The first-order chi connectivity index (χ1) is 27.7. The second-order valence-electron chi connectivity index (χ2n) is 12.5. The molecule has 1 atom stereocenters. The maximum Gasteiger partial charge on any atom is 0.328 e. The number of carboxylic acids is 1. The van der Waals surface area contributed by atoms with E-state index in [-0.39, 0.29) is 98.2 Å². The molecule has 0 unspecified atom stereocenters. The molecular formula is C37H53N7O14. The predicted octanol–water partition coefficient (Wildman–Crippen LogP) is -1.26. The van der Waals surface area contributed by atoms with Gasteiger partial charge in [-0.05, 0) is 32.4 Å². The third kappa shape index (κ3) is 19.3. The fourth-order valence-electron chi connectivity index (χ4n) is 4.89. The summed E-state index contributed by atoms with van der Waals surface area (Å²) < 4.78 is 27.2. The van der Waals surface area contributed by atoms with E-state index in [0.29, 0.717) is 46.0 Å². The monoisotopic (exact) mass is 819 g/mol. The molecule has 0 radical (unpaired) electrons. The molecule has 1 aromatic carbocycles. The Kier molecular flexibility index (Phi) is 22.3. The third-order valence-corrected chi connectivity index (χ3v) is 7.75. The van der Waals surface area contributed by atoms with Crippen molar-refractivity contribution in [3.05, 3.63) is 47.2 Å². The van der Waals surface area contributed by atoms with Crippen molar-refractivity contribution in [2.45, 2.75) is 39.2 Å². The van der Waals surface area contributed by atoms with Crippen LogP contribution in [0, 0.1) is 5.41 Å². The summed E-state index contributed by atoms with van der Waals surface area (Å²) >= 11 is 0. The van der Waals surface area contributed by atoms with Crippen molar-refractivity contribution in [2.75, 3.05) is 85.6 Å². The van der Waals surface area contributed by atoms with Gasteiger partial charge >= 0.3 is 5.97 Å². The van der Waals surface area contributed by atoms with Crippen LogP contribution in [-0.4, -0.2) is 154 Å². The molecule has 1 aliphatic rings. The first kappa shape index (κ1) is 48.2. The Morgan fingerprint density at radius 3 is 1.93 bits per heavy atom. The molecule has 1 aromatic rings. The fraction of sp³-hybridized carbons (Fsp3) is 0.514. The molecule has 0 saturated carbocycles. The number of rotatable bonds is 30. The highest BCUT2D eigenvalue weighted by atomic mass is 16.6. The molecule has 2 rings (SSSR count). The normalized spacial score (nSPS) is 13.1. The quantitative estimate of drug-likeness (QED) is 0.0194. The average Bonchev–Trinajstić information content (AvgIpc) is 3.48. The van der Waals surface area contributed by atoms with Crippen LogP contribution in [0.1, 0.15) is 43.5 Å². The van der Waals surface area contributed by atoms with Gasteiger partial charge in [0.1, 0.15) is 17.5 Å². The third-order valence-electron chi connectivity index (χ3n) is 7.75. The molecule has 21 nitrogen and oxygen atoms in total. The number of phenols is 1. The Labute approximate surface area is 335 Å². The van der Waals surface area contributed by atoms with Crippen molar-refractivity contribution in [1.29, 1.82) is 5.41 Å². The molecule has 58 heavy (non-hydrogen) atoms. The number of allylic oxidation sites excluding steroid dienone is 1. The number of carboxylic acid groups (broad SMARTS) is 1. The number of aromatic hydroxyl groups is 1. The maximum atomic E-state index is 12.7. The summed E-state index contributed by atoms with van der Waals surface area (Å²) in [4.78, 5) is 84.7. The number of amides is 6. The second kappa shape index (κ2) is 26.9. The zero-order valence-corrected chi connectivity index (χ0v) is 32.6. The highest BCUT2D eigenvalue weighted by Gasteiger charge is 2.25. The van der Waals surface area contributed by atoms with E-state index in [1.165, 1.54) is 38.1 Å². The molecule has 6 amide bonds. The number of hydrogen-bond donors (Lipinski definition) is 8. The van der Waals surface area contributed by atoms with Crippen molar-refractivity contribution in [1.82, 2.24) is 26.2 Å². The van der Waals surface area contributed by atoms with Gasteiger partial charge in [0, 0.05) is 74.2 Å². The number of hydrogen-bond acceptors (Lipinski definition) is 15. The van der Waals surface area contributed by atoms with E-state index in [9.17, 15) is 43.8 Å². The average molecular weight is 820 g/mol. The van der Waals surface area contributed by atoms with Gasteiger partial charge in [-0.3, -0.25) is 33.7 Å². The molecule has 1 aliphatic heterocycles. The molecular weight excluding hydrogens is 766 g/mol. The van der Waals surface area contributed by atoms with Crippen LogP contribution in [0.3, 0.4) is 0 Å². The van der Waals surface area contributed by atoms with E-state index in [2.05, 4.69) is 21.3 Å². The lowest BCUT2D eigenvalue weighted by Gasteiger charge is -2.17. The number of aliphatic carboxylic acids is 1. The van der Waals surface area contributed by atoms with E-state index in [1.807, 2.05) is 0 Å². The smallest absolute Gasteiger partial charge is 0.328 e. The summed E-state index contributed by atoms with van der Waals surface area (Å²) in [7, 11) is 0. The van der Waals surface area contributed by atoms with Crippen LogP contribution in [0.4, 0.5) is 0 Å². The Morgan fingerprint density at radius 1 is 0.776 bits per heavy atom. The number of phenolic OH excluding ortho intramolecular Hbond substituents is 1. The summed E-state index contributed by atoms with van der Waals surface area (Å²) in [5.41, 5.74) is 5.30. The predicted molar refractivity (Wildman–Crippen MR) is 205 cm³/mol. The lowest BCUT2D eigenvalue weighted by molar-refractivity contribution is -0.141. The van der Waals surface area contributed by atoms with Gasteiger partial charge in [-0.2, -0.15) is 0 Å². The number of benzene rings is 1. The minimum Gasteiger partial charge on any atom is -0.508 e. The molecule has 0 bridgehead atoms. The first-order valence-electron chi connectivity index (χ1n) is 18.4. The van der Waals surface area contributed by atoms with Crippen LogP contribution in [0.15, 0.2) is 41.6 Å². The van der Waals surface area contributed by atoms with E-state index in [0.717, 1.165) is 11.0 Å². The van der Waals surface area contributed by atoms with E-state index in [4.69, 9.17) is 34.8 Å². The summed E-state index contributed by atoms with van der Waals surface area (Å²) in [6, 6.07) is 2.24. The van der Waals surface area contributed by atoms with Crippen molar-refractivity contribution in [3.63, 3.8) is 0 Å².